The molecule has 1 unspecified atom stereocenters. The Kier molecular flexibility index (Phi) is 3.88. The van der Waals surface area contributed by atoms with Gasteiger partial charge in [0.05, 0.1) is 5.60 Å². The monoisotopic (exact) mass is 326 g/mol. The number of hydrogen-bond acceptors (Lipinski definition) is 4. The van der Waals surface area contributed by atoms with Gasteiger partial charge in [0.25, 0.3) is 5.91 Å². The molecule has 1 aromatic carbocycles. The number of benzene rings is 1. The van der Waals surface area contributed by atoms with E-state index in [-0.39, 0.29) is 17.9 Å². The summed E-state index contributed by atoms with van der Waals surface area (Å²) in [5, 5.41) is 15.3. The minimum absolute atomic E-state index is 0.0573. The zero-order valence-corrected chi connectivity index (χ0v) is 13.6. The zero-order valence-electron chi connectivity index (χ0n) is 13.6. The highest BCUT2D eigenvalue weighted by atomic mass is 16.5. The van der Waals surface area contributed by atoms with Gasteiger partial charge in [0.1, 0.15) is 6.26 Å². The van der Waals surface area contributed by atoms with Crippen LogP contribution in [0.1, 0.15) is 48.2 Å². The Hall–Kier alpha value is -2.14. The average molecular weight is 326 g/mol. The topological polar surface area (TPSA) is 66.6 Å². The lowest BCUT2D eigenvalue weighted by atomic mass is 9.66. The summed E-state index contributed by atoms with van der Waals surface area (Å²) in [6.45, 7) is 0.540. The van der Waals surface area contributed by atoms with Gasteiger partial charge in [0, 0.05) is 24.6 Å². The van der Waals surface area contributed by atoms with E-state index in [1.165, 1.54) is 6.26 Å². The third-order valence-electron chi connectivity index (χ3n) is 5.67. The van der Waals surface area contributed by atoms with Crippen LogP contribution in [0.3, 0.4) is 0 Å². The first kappa shape index (κ1) is 15.4. The largest absolute Gasteiger partial charge is 0.385 e. The smallest absolute Gasteiger partial charge is 0.276 e. The number of hydrogen-bond donors (Lipinski definition) is 1. The van der Waals surface area contributed by atoms with Crippen LogP contribution in [0.5, 0.6) is 0 Å². The number of piperidine rings is 1. The molecule has 0 spiro atoms. The van der Waals surface area contributed by atoms with Crippen LogP contribution in [-0.4, -0.2) is 33.7 Å². The number of carbonyl (C=O) groups excluding carboxylic acids is 1. The summed E-state index contributed by atoms with van der Waals surface area (Å²) in [5.74, 6) is -0.0194. The fourth-order valence-electron chi connectivity index (χ4n) is 4.49. The van der Waals surface area contributed by atoms with Crippen molar-refractivity contribution >= 4 is 5.91 Å². The third-order valence-corrected chi connectivity index (χ3v) is 5.67. The highest BCUT2D eigenvalue weighted by Gasteiger charge is 2.50. The lowest BCUT2D eigenvalue weighted by Gasteiger charge is -2.52. The van der Waals surface area contributed by atoms with Crippen molar-refractivity contribution in [3.63, 3.8) is 0 Å². The quantitative estimate of drug-likeness (QED) is 0.921. The Balaban J connectivity index is 1.66. The first-order valence-corrected chi connectivity index (χ1v) is 8.69. The molecule has 1 saturated carbocycles. The van der Waals surface area contributed by atoms with E-state index in [0.29, 0.717) is 18.7 Å². The minimum atomic E-state index is -0.854. The van der Waals surface area contributed by atoms with Crippen LogP contribution < -0.4 is 0 Å². The number of likely N-dealkylation sites (tertiary alicyclic amines) is 1. The van der Waals surface area contributed by atoms with Gasteiger partial charge in [0.2, 0.25) is 0 Å². The SMILES string of the molecule is O=C(c1ccon1)N1CC[C@@](O)(c2ccccc2)[C@@H]2CCCCC21. The summed E-state index contributed by atoms with van der Waals surface area (Å²) in [7, 11) is 0. The molecule has 1 aliphatic heterocycles. The summed E-state index contributed by atoms with van der Waals surface area (Å²) < 4.78 is 4.83. The van der Waals surface area contributed by atoms with Gasteiger partial charge in [0.15, 0.2) is 5.69 Å². The molecule has 1 N–H and O–H groups in total. The molecule has 2 fully saturated rings. The summed E-state index contributed by atoms with van der Waals surface area (Å²) in [6.07, 6.45) is 6.05. The number of fused-ring (bicyclic) bond motifs is 1. The number of aromatic nitrogens is 1. The molecular weight excluding hydrogens is 304 g/mol. The molecule has 1 amide bonds. The highest BCUT2D eigenvalue weighted by molar-refractivity contribution is 5.92. The molecule has 1 aromatic heterocycles. The van der Waals surface area contributed by atoms with Crippen LogP contribution >= 0.6 is 0 Å². The molecule has 2 aliphatic rings. The van der Waals surface area contributed by atoms with Crippen molar-refractivity contribution in [1.29, 1.82) is 0 Å². The summed E-state index contributed by atoms with van der Waals surface area (Å²) >= 11 is 0. The molecular formula is C19H22N2O3. The third kappa shape index (κ3) is 2.44. The van der Waals surface area contributed by atoms with Gasteiger partial charge in [-0.3, -0.25) is 4.79 Å². The molecule has 0 radical (unpaired) electrons. The summed E-state index contributed by atoms with van der Waals surface area (Å²) in [4.78, 5) is 14.7. The van der Waals surface area contributed by atoms with Crippen molar-refractivity contribution in [3.8, 4) is 0 Å². The molecule has 1 saturated heterocycles. The van der Waals surface area contributed by atoms with Crippen molar-refractivity contribution in [2.45, 2.75) is 43.7 Å². The number of nitrogens with zero attached hydrogens (tertiary/aromatic N) is 2. The average Bonchev–Trinajstić information content (AvgIpc) is 3.17. The second-order valence-corrected chi connectivity index (χ2v) is 6.88. The predicted octanol–water partition coefficient (Wildman–Crippen LogP) is 2.97. The van der Waals surface area contributed by atoms with E-state index in [9.17, 15) is 9.90 Å². The highest BCUT2D eigenvalue weighted by Crippen LogP contribution is 2.47. The van der Waals surface area contributed by atoms with Gasteiger partial charge >= 0.3 is 0 Å². The maximum atomic E-state index is 12.8. The minimum Gasteiger partial charge on any atom is -0.385 e. The van der Waals surface area contributed by atoms with E-state index in [1.807, 2.05) is 35.2 Å². The second kappa shape index (κ2) is 6.06. The molecule has 2 aromatic rings. The van der Waals surface area contributed by atoms with Crippen molar-refractivity contribution in [2.75, 3.05) is 6.54 Å². The Bertz CT molecular complexity index is 701. The van der Waals surface area contributed by atoms with Gasteiger partial charge < -0.3 is 14.5 Å². The maximum Gasteiger partial charge on any atom is 0.276 e. The van der Waals surface area contributed by atoms with E-state index in [1.54, 1.807) is 6.07 Å². The lowest BCUT2D eigenvalue weighted by molar-refractivity contribution is -0.110. The van der Waals surface area contributed by atoms with Crippen LogP contribution in [-0.2, 0) is 5.60 Å². The first-order chi connectivity index (χ1) is 11.7. The van der Waals surface area contributed by atoms with Gasteiger partial charge in [-0.05, 0) is 24.8 Å². The van der Waals surface area contributed by atoms with Gasteiger partial charge in [-0.2, -0.15) is 0 Å². The zero-order chi connectivity index (χ0) is 16.6. The Morgan fingerprint density at radius 1 is 1.21 bits per heavy atom. The van der Waals surface area contributed by atoms with Crippen LogP contribution in [0.4, 0.5) is 0 Å². The van der Waals surface area contributed by atoms with E-state index in [2.05, 4.69) is 5.16 Å². The lowest BCUT2D eigenvalue weighted by Crippen LogP contribution is -2.59. The number of aliphatic hydroxyl groups is 1. The Labute approximate surface area is 141 Å². The predicted molar refractivity (Wildman–Crippen MR) is 88.2 cm³/mol. The van der Waals surface area contributed by atoms with E-state index in [4.69, 9.17) is 4.52 Å². The van der Waals surface area contributed by atoms with Gasteiger partial charge in [-0.25, -0.2) is 0 Å². The van der Waals surface area contributed by atoms with Crippen LogP contribution in [0.2, 0.25) is 0 Å². The van der Waals surface area contributed by atoms with E-state index >= 15 is 0 Å². The standard InChI is InChI=1S/C19H22N2O3/c22-18(16-10-13-24-20-16)21-12-11-19(23,14-6-2-1-3-7-14)15-8-4-5-9-17(15)21/h1-3,6-7,10,13,15,17,23H,4-5,8-9,11-12H2/t15-,17?,19-/m1/s1. The molecule has 5 nitrogen and oxygen atoms in total. The van der Waals surface area contributed by atoms with E-state index < -0.39 is 5.60 Å². The molecule has 24 heavy (non-hydrogen) atoms. The van der Waals surface area contributed by atoms with Crippen molar-refractivity contribution in [2.24, 2.45) is 5.92 Å². The molecule has 126 valence electrons. The number of amides is 1. The molecule has 1 aliphatic carbocycles. The molecule has 4 rings (SSSR count). The molecule has 5 heteroatoms. The Morgan fingerprint density at radius 2 is 2.00 bits per heavy atom. The van der Waals surface area contributed by atoms with Crippen molar-refractivity contribution in [3.05, 3.63) is 53.9 Å². The van der Waals surface area contributed by atoms with Crippen molar-refractivity contribution < 1.29 is 14.4 Å². The van der Waals surface area contributed by atoms with Crippen LogP contribution in [0, 0.1) is 5.92 Å². The Morgan fingerprint density at radius 3 is 2.75 bits per heavy atom. The normalized spacial score (nSPS) is 30.0. The first-order valence-electron chi connectivity index (χ1n) is 8.69. The molecule has 3 atom stereocenters. The number of carbonyl (C=O) groups is 1. The second-order valence-electron chi connectivity index (χ2n) is 6.88. The number of rotatable bonds is 2. The molecule has 0 bridgehead atoms. The fraction of sp³-hybridized carbons (Fsp3) is 0.474. The fourth-order valence-corrected chi connectivity index (χ4v) is 4.49. The maximum absolute atomic E-state index is 12.8. The van der Waals surface area contributed by atoms with Crippen LogP contribution in [0.15, 0.2) is 47.2 Å². The van der Waals surface area contributed by atoms with Crippen molar-refractivity contribution in [1.82, 2.24) is 10.1 Å². The summed E-state index contributed by atoms with van der Waals surface area (Å²) in [5.41, 5.74) is 0.465. The van der Waals surface area contributed by atoms with Crippen LogP contribution in [0.25, 0.3) is 0 Å². The summed E-state index contributed by atoms with van der Waals surface area (Å²) in [6, 6.07) is 11.6. The van der Waals surface area contributed by atoms with Gasteiger partial charge in [-0.1, -0.05) is 48.3 Å². The van der Waals surface area contributed by atoms with Gasteiger partial charge in [-0.15, -0.1) is 0 Å². The molecule has 2 heterocycles. The van der Waals surface area contributed by atoms with E-state index in [0.717, 1.165) is 31.2 Å².